The molecule has 58 valence electrons. The van der Waals surface area contributed by atoms with Crippen molar-refractivity contribution in [2.45, 2.75) is 12.8 Å². The molecule has 0 radical (unpaired) electrons. The Morgan fingerprint density at radius 1 is 1.18 bits per heavy atom. The fourth-order valence-corrected chi connectivity index (χ4v) is 2.10. The third-order valence-electron chi connectivity index (χ3n) is 2.76. The van der Waals surface area contributed by atoms with Crippen LogP contribution in [0.4, 0.5) is 0 Å². The van der Waals surface area contributed by atoms with Crippen molar-refractivity contribution >= 4 is 0 Å². The highest BCUT2D eigenvalue weighted by atomic mass is 15.1. The van der Waals surface area contributed by atoms with Crippen molar-refractivity contribution in [3.63, 3.8) is 0 Å². The van der Waals surface area contributed by atoms with Gasteiger partial charge in [-0.2, -0.15) is 5.26 Å². The summed E-state index contributed by atoms with van der Waals surface area (Å²) in [5, 5.41) is 8.67. The molecule has 0 saturated carbocycles. The predicted molar refractivity (Wildman–Crippen MR) is 42.5 cm³/mol. The summed E-state index contributed by atoms with van der Waals surface area (Å²) >= 11 is 0. The molecule has 1 fully saturated rings. The van der Waals surface area contributed by atoms with Crippen LogP contribution in [0, 0.1) is 23.3 Å². The molecule has 2 nitrogen and oxygen atoms in total. The lowest BCUT2D eigenvalue weighted by Gasteiger charge is -2.17. The number of likely N-dealkylation sites (tertiary alicyclic amines) is 1. The van der Waals surface area contributed by atoms with E-state index in [0.717, 1.165) is 24.9 Å². The smallest absolute Gasteiger partial charge is 0.179 e. The summed E-state index contributed by atoms with van der Waals surface area (Å²) in [4.78, 5) is 1.89. The maximum Gasteiger partial charge on any atom is 0.179 e. The van der Waals surface area contributed by atoms with E-state index in [1.165, 1.54) is 12.8 Å². The number of rotatable bonds is 0. The van der Waals surface area contributed by atoms with Gasteiger partial charge in [0.1, 0.15) is 0 Å². The normalized spacial score (nSPS) is 35.0. The van der Waals surface area contributed by atoms with E-state index in [1.54, 1.807) is 0 Å². The first-order chi connectivity index (χ1) is 5.40. The minimum absolute atomic E-state index is 0.764. The summed E-state index contributed by atoms with van der Waals surface area (Å²) in [6.45, 7) is 1.98. The fraction of sp³-hybridized carbons (Fsp3) is 0.667. The molecule has 2 unspecified atom stereocenters. The molecule has 0 N–H and O–H groups in total. The Balaban J connectivity index is 2.04. The minimum atomic E-state index is 0.764. The molecule has 0 aromatic heterocycles. The van der Waals surface area contributed by atoms with Gasteiger partial charge >= 0.3 is 0 Å². The van der Waals surface area contributed by atoms with Crippen molar-refractivity contribution in [3.05, 3.63) is 12.2 Å². The van der Waals surface area contributed by atoms with E-state index in [-0.39, 0.29) is 0 Å². The molecule has 1 aliphatic carbocycles. The van der Waals surface area contributed by atoms with Crippen LogP contribution in [0.15, 0.2) is 12.2 Å². The van der Waals surface area contributed by atoms with Crippen LogP contribution in [0.3, 0.4) is 0 Å². The SMILES string of the molecule is N#CN1CC2CC=CCC2C1. The largest absolute Gasteiger partial charge is 0.310 e. The maximum absolute atomic E-state index is 8.67. The highest BCUT2D eigenvalue weighted by Gasteiger charge is 2.31. The number of allylic oxidation sites excluding steroid dienone is 2. The molecular weight excluding hydrogens is 136 g/mol. The molecule has 2 rings (SSSR count). The maximum atomic E-state index is 8.67. The van der Waals surface area contributed by atoms with Gasteiger partial charge in [-0.15, -0.1) is 0 Å². The number of nitrogens with zero attached hydrogens (tertiary/aromatic N) is 2. The van der Waals surface area contributed by atoms with Crippen LogP contribution in [0.1, 0.15) is 12.8 Å². The monoisotopic (exact) mass is 148 g/mol. The summed E-state index contributed by atoms with van der Waals surface area (Å²) < 4.78 is 0. The Morgan fingerprint density at radius 3 is 2.18 bits per heavy atom. The summed E-state index contributed by atoms with van der Waals surface area (Å²) in [6, 6.07) is 0. The third-order valence-corrected chi connectivity index (χ3v) is 2.76. The number of hydrogen-bond donors (Lipinski definition) is 0. The standard InChI is InChI=1S/C9H12N2/c10-7-11-5-8-3-1-2-4-9(8)6-11/h1-2,8-9H,3-6H2. The average molecular weight is 148 g/mol. The van der Waals surface area contributed by atoms with E-state index in [4.69, 9.17) is 5.26 Å². The zero-order valence-electron chi connectivity index (χ0n) is 6.53. The van der Waals surface area contributed by atoms with Crippen molar-refractivity contribution in [3.8, 4) is 6.19 Å². The van der Waals surface area contributed by atoms with Crippen LogP contribution < -0.4 is 0 Å². The number of nitriles is 1. The highest BCUT2D eigenvalue weighted by molar-refractivity contribution is 5.01. The van der Waals surface area contributed by atoms with Crippen LogP contribution in [-0.4, -0.2) is 18.0 Å². The van der Waals surface area contributed by atoms with Crippen molar-refractivity contribution in [2.24, 2.45) is 11.8 Å². The minimum Gasteiger partial charge on any atom is -0.310 e. The number of hydrogen-bond acceptors (Lipinski definition) is 2. The Bertz CT molecular complexity index is 198. The van der Waals surface area contributed by atoms with E-state index in [1.807, 2.05) is 4.90 Å². The molecule has 1 aliphatic heterocycles. The van der Waals surface area contributed by atoms with Crippen molar-refractivity contribution in [1.82, 2.24) is 4.90 Å². The van der Waals surface area contributed by atoms with Gasteiger partial charge in [-0.05, 0) is 24.7 Å². The summed E-state index contributed by atoms with van der Waals surface area (Å²) in [7, 11) is 0. The lowest BCUT2D eigenvalue weighted by Crippen LogP contribution is -2.13. The zero-order chi connectivity index (χ0) is 7.68. The second-order valence-corrected chi connectivity index (χ2v) is 3.47. The van der Waals surface area contributed by atoms with Gasteiger partial charge in [-0.3, -0.25) is 0 Å². The van der Waals surface area contributed by atoms with Crippen LogP contribution in [-0.2, 0) is 0 Å². The van der Waals surface area contributed by atoms with Crippen molar-refractivity contribution in [1.29, 1.82) is 5.26 Å². The summed E-state index contributed by atoms with van der Waals surface area (Å²) in [6.07, 6.45) is 9.10. The van der Waals surface area contributed by atoms with Gasteiger partial charge in [-0.1, -0.05) is 12.2 Å². The summed E-state index contributed by atoms with van der Waals surface area (Å²) in [5.41, 5.74) is 0. The Morgan fingerprint density at radius 2 is 1.73 bits per heavy atom. The lowest BCUT2D eigenvalue weighted by atomic mass is 9.86. The third kappa shape index (κ3) is 1.11. The van der Waals surface area contributed by atoms with Crippen LogP contribution >= 0.6 is 0 Å². The van der Waals surface area contributed by atoms with Gasteiger partial charge in [0, 0.05) is 13.1 Å². The Kier molecular flexibility index (Phi) is 1.58. The summed E-state index contributed by atoms with van der Waals surface area (Å²) in [5.74, 6) is 1.53. The van der Waals surface area contributed by atoms with E-state index < -0.39 is 0 Å². The molecule has 1 heterocycles. The highest BCUT2D eigenvalue weighted by Crippen LogP contribution is 2.31. The van der Waals surface area contributed by atoms with E-state index in [2.05, 4.69) is 18.3 Å². The predicted octanol–water partition coefficient (Wildman–Crippen LogP) is 1.37. The lowest BCUT2D eigenvalue weighted by molar-refractivity contribution is 0.411. The first-order valence-corrected chi connectivity index (χ1v) is 4.20. The van der Waals surface area contributed by atoms with Crippen molar-refractivity contribution < 1.29 is 0 Å². The molecule has 11 heavy (non-hydrogen) atoms. The second-order valence-electron chi connectivity index (χ2n) is 3.47. The van der Waals surface area contributed by atoms with E-state index >= 15 is 0 Å². The first kappa shape index (κ1) is 6.72. The van der Waals surface area contributed by atoms with Crippen LogP contribution in [0.5, 0.6) is 0 Å². The Hall–Kier alpha value is -0.970. The second kappa shape index (κ2) is 2.58. The molecule has 2 aliphatic rings. The average Bonchev–Trinajstić information content (AvgIpc) is 2.46. The molecular formula is C9H12N2. The molecule has 0 bridgehead atoms. The van der Waals surface area contributed by atoms with E-state index in [0.29, 0.717) is 0 Å². The van der Waals surface area contributed by atoms with Gasteiger partial charge < -0.3 is 4.90 Å². The molecule has 0 aromatic carbocycles. The van der Waals surface area contributed by atoms with Crippen LogP contribution in [0.2, 0.25) is 0 Å². The van der Waals surface area contributed by atoms with Gasteiger partial charge in [0.25, 0.3) is 0 Å². The molecule has 0 amide bonds. The quantitative estimate of drug-likeness (QED) is 0.383. The number of fused-ring (bicyclic) bond motifs is 1. The van der Waals surface area contributed by atoms with Gasteiger partial charge in [0.05, 0.1) is 0 Å². The molecule has 0 spiro atoms. The molecule has 2 heteroatoms. The zero-order valence-corrected chi connectivity index (χ0v) is 6.53. The first-order valence-electron chi connectivity index (χ1n) is 4.20. The molecule has 1 saturated heterocycles. The van der Waals surface area contributed by atoms with Gasteiger partial charge in [0.15, 0.2) is 6.19 Å². The van der Waals surface area contributed by atoms with E-state index in [9.17, 15) is 0 Å². The van der Waals surface area contributed by atoms with Gasteiger partial charge in [0.2, 0.25) is 0 Å². The topological polar surface area (TPSA) is 27.0 Å². The van der Waals surface area contributed by atoms with Gasteiger partial charge in [-0.25, -0.2) is 0 Å². The fourth-order valence-electron chi connectivity index (χ4n) is 2.10. The van der Waals surface area contributed by atoms with Crippen molar-refractivity contribution in [2.75, 3.05) is 13.1 Å². The molecule has 0 aromatic rings. The Labute approximate surface area is 67.1 Å². The molecule has 2 atom stereocenters. The van der Waals surface area contributed by atoms with Crippen LogP contribution in [0.25, 0.3) is 0 Å².